The van der Waals surface area contributed by atoms with Crippen molar-refractivity contribution in [3.05, 3.63) is 70.2 Å². The third-order valence-electron chi connectivity index (χ3n) is 6.13. The van der Waals surface area contributed by atoms with E-state index in [1.54, 1.807) is 0 Å². The summed E-state index contributed by atoms with van der Waals surface area (Å²) < 4.78 is 11.9. The third kappa shape index (κ3) is 2.39. The van der Waals surface area contributed by atoms with E-state index in [2.05, 4.69) is 42.5 Å². The van der Waals surface area contributed by atoms with Crippen LogP contribution in [0.5, 0.6) is 0 Å². The lowest BCUT2D eigenvalue weighted by Crippen LogP contribution is -2.42. The van der Waals surface area contributed by atoms with Crippen LogP contribution in [0.3, 0.4) is 0 Å². The summed E-state index contributed by atoms with van der Waals surface area (Å²) in [4.78, 5) is 0. The van der Waals surface area contributed by atoms with Gasteiger partial charge in [0, 0.05) is 23.3 Å². The number of fused-ring (bicyclic) bond motifs is 2. The SMILES string of the molecule is Clc1ccc(C2=Cc3ccccc3C23CCC2(CC3)OCCO2)cc1. The van der Waals surface area contributed by atoms with Gasteiger partial charge >= 0.3 is 0 Å². The molecule has 0 amide bonds. The molecule has 128 valence electrons. The normalized spacial score (nSPS) is 23.0. The molecule has 1 saturated carbocycles. The van der Waals surface area contributed by atoms with Crippen molar-refractivity contribution < 1.29 is 9.47 Å². The van der Waals surface area contributed by atoms with Gasteiger partial charge in [-0.25, -0.2) is 0 Å². The molecule has 0 radical (unpaired) electrons. The van der Waals surface area contributed by atoms with E-state index in [4.69, 9.17) is 21.1 Å². The molecule has 0 N–H and O–H groups in total. The average molecular weight is 353 g/mol. The summed E-state index contributed by atoms with van der Waals surface area (Å²) in [5.41, 5.74) is 5.54. The highest BCUT2D eigenvalue weighted by atomic mass is 35.5. The van der Waals surface area contributed by atoms with E-state index in [0.717, 1.165) is 43.9 Å². The van der Waals surface area contributed by atoms with Gasteiger partial charge < -0.3 is 9.47 Å². The van der Waals surface area contributed by atoms with E-state index in [9.17, 15) is 0 Å². The van der Waals surface area contributed by atoms with Gasteiger partial charge in [0.25, 0.3) is 0 Å². The van der Waals surface area contributed by atoms with Gasteiger partial charge in [-0.1, -0.05) is 48.0 Å². The number of ether oxygens (including phenoxy) is 2. The summed E-state index contributed by atoms with van der Waals surface area (Å²) in [6.45, 7) is 1.45. The molecule has 2 aromatic rings. The molecule has 2 aromatic carbocycles. The highest BCUT2D eigenvalue weighted by Gasteiger charge is 2.50. The Labute approximate surface area is 153 Å². The number of rotatable bonds is 1. The summed E-state index contributed by atoms with van der Waals surface area (Å²) in [7, 11) is 0. The summed E-state index contributed by atoms with van der Waals surface area (Å²) >= 11 is 6.11. The molecule has 1 aliphatic heterocycles. The third-order valence-corrected chi connectivity index (χ3v) is 6.38. The second-order valence-electron chi connectivity index (χ2n) is 7.34. The van der Waals surface area contributed by atoms with Crippen LogP contribution in [-0.2, 0) is 14.9 Å². The highest BCUT2D eigenvalue weighted by Crippen LogP contribution is 2.57. The molecule has 1 heterocycles. The second-order valence-corrected chi connectivity index (χ2v) is 7.78. The van der Waals surface area contributed by atoms with Crippen molar-refractivity contribution in [2.75, 3.05) is 13.2 Å². The van der Waals surface area contributed by atoms with Gasteiger partial charge in [-0.2, -0.15) is 0 Å². The zero-order chi connectivity index (χ0) is 16.9. The number of hydrogen-bond donors (Lipinski definition) is 0. The molecule has 3 heteroatoms. The molecule has 3 aliphatic rings. The number of benzene rings is 2. The van der Waals surface area contributed by atoms with Crippen LogP contribution >= 0.6 is 11.6 Å². The van der Waals surface area contributed by atoms with Crippen LogP contribution in [0.1, 0.15) is 42.4 Å². The quantitative estimate of drug-likeness (QED) is 0.679. The fourth-order valence-electron chi connectivity index (χ4n) is 4.87. The number of allylic oxidation sites excluding steroid dienone is 1. The largest absolute Gasteiger partial charge is 0.348 e. The number of halogens is 1. The lowest BCUT2D eigenvalue weighted by atomic mass is 9.64. The lowest BCUT2D eigenvalue weighted by Gasteiger charge is -2.44. The zero-order valence-electron chi connectivity index (χ0n) is 14.1. The lowest BCUT2D eigenvalue weighted by molar-refractivity contribution is -0.182. The van der Waals surface area contributed by atoms with E-state index in [1.165, 1.54) is 22.3 Å². The molecule has 2 nitrogen and oxygen atoms in total. The van der Waals surface area contributed by atoms with Crippen LogP contribution in [0.25, 0.3) is 11.6 Å². The first-order chi connectivity index (χ1) is 12.2. The van der Waals surface area contributed by atoms with Crippen LogP contribution in [0.15, 0.2) is 48.5 Å². The van der Waals surface area contributed by atoms with Crippen molar-refractivity contribution in [2.45, 2.75) is 36.9 Å². The monoisotopic (exact) mass is 352 g/mol. The maximum Gasteiger partial charge on any atom is 0.168 e. The maximum atomic E-state index is 6.11. The van der Waals surface area contributed by atoms with Crippen molar-refractivity contribution in [3.8, 4) is 0 Å². The van der Waals surface area contributed by atoms with Crippen molar-refractivity contribution in [2.24, 2.45) is 0 Å². The Hall–Kier alpha value is -1.61. The second kappa shape index (κ2) is 5.70. The van der Waals surface area contributed by atoms with Gasteiger partial charge in [0.05, 0.1) is 13.2 Å². The van der Waals surface area contributed by atoms with E-state index in [1.807, 2.05) is 12.1 Å². The van der Waals surface area contributed by atoms with Gasteiger partial charge in [0.15, 0.2) is 5.79 Å². The van der Waals surface area contributed by atoms with Crippen LogP contribution in [-0.4, -0.2) is 19.0 Å². The summed E-state index contributed by atoms with van der Waals surface area (Å²) in [6.07, 6.45) is 6.38. The minimum absolute atomic E-state index is 0.0605. The summed E-state index contributed by atoms with van der Waals surface area (Å²) in [6, 6.07) is 17.1. The molecule has 0 atom stereocenters. The smallest absolute Gasteiger partial charge is 0.168 e. The molecular weight excluding hydrogens is 332 g/mol. The van der Waals surface area contributed by atoms with Gasteiger partial charge in [-0.3, -0.25) is 0 Å². The van der Waals surface area contributed by atoms with Gasteiger partial charge in [0.1, 0.15) is 0 Å². The van der Waals surface area contributed by atoms with E-state index >= 15 is 0 Å². The van der Waals surface area contributed by atoms with Crippen LogP contribution in [0.2, 0.25) is 5.02 Å². The first-order valence-corrected chi connectivity index (χ1v) is 9.44. The van der Waals surface area contributed by atoms with Crippen LogP contribution < -0.4 is 0 Å². The average Bonchev–Trinajstić information content (AvgIpc) is 3.22. The van der Waals surface area contributed by atoms with E-state index in [0.29, 0.717) is 0 Å². The Morgan fingerprint density at radius 2 is 1.48 bits per heavy atom. The van der Waals surface area contributed by atoms with Crippen molar-refractivity contribution in [1.29, 1.82) is 0 Å². The first kappa shape index (κ1) is 15.6. The zero-order valence-corrected chi connectivity index (χ0v) is 14.9. The molecular formula is C22H21ClO2. The molecule has 25 heavy (non-hydrogen) atoms. The predicted molar refractivity (Wildman–Crippen MR) is 101 cm³/mol. The van der Waals surface area contributed by atoms with Crippen molar-refractivity contribution in [1.82, 2.24) is 0 Å². The molecule has 0 unspecified atom stereocenters. The van der Waals surface area contributed by atoms with Crippen molar-refractivity contribution >= 4 is 23.3 Å². The number of hydrogen-bond acceptors (Lipinski definition) is 2. The minimum Gasteiger partial charge on any atom is -0.348 e. The predicted octanol–water partition coefficient (Wildman–Crippen LogP) is 5.45. The maximum absolute atomic E-state index is 6.11. The molecule has 5 rings (SSSR count). The Balaban J connectivity index is 1.57. The van der Waals surface area contributed by atoms with Gasteiger partial charge in [0.2, 0.25) is 0 Å². The van der Waals surface area contributed by atoms with Crippen LogP contribution in [0, 0.1) is 0 Å². The Morgan fingerprint density at radius 1 is 0.800 bits per heavy atom. The van der Waals surface area contributed by atoms with Gasteiger partial charge in [-0.15, -0.1) is 0 Å². The standard InChI is InChI=1S/C22H21ClO2/c23-18-7-5-16(6-8-18)20-15-17-3-1-2-4-19(17)21(20)9-11-22(12-10-21)24-13-14-25-22/h1-8,15H,9-14H2. The summed E-state index contributed by atoms with van der Waals surface area (Å²) in [5, 5.41) is 0.782. The Bertz CT molecular complexity index is 821. The molecule has 2 fully saturated rings. The fourth-order valence-corrected chi connectivity index (χ4v) is 4.99. The van der Waals surface area contributed by atoms with E-state index < -0.39 is 0 Å². The van der Waals surface area contributed by atoms with Gasteiger partial charge in [-0.05, 0) is 53.3 Å². The Kier molecular flexibility index (Phi) is 3.56. The highest BCUT2D eigenvalue weighted by molar-refractivity contribution is 6.30. The molecule has 0 bridgehead atoms. The fraction of sp³-hybridized carbons (Fsp3) is 0.364. The van der Waals surface area contributed by atoms with E-state index in [-0.39, 0.29) is 11.2 Å². The summed E-state index contributed by atoms with van der Waals surface area (Å²) in [5.74, 6) is -0.339. The van der Waals surface area contributed by atoms with Crippen LogP contribution in [0.4, 0.5) is 0 Å². The first-order valence-electron chi connectivity index (χ1n) is 9.06. The topological polar surface area (TPSA) is 18.5 Å². The van der Waals surface area contributed by atoms with Crippen molar-refractivity contribution in [3.63, 3.8) is 0 Å². The molecule has 2 spiro atoms. The minimum atomic E-state index is -0.339. The molecule has 2 aliphatic carbocycles. The molecule has 0 aromatic heterocycles. The Morgan fingerprint density at radius 3 is 2.20 bits per heavy atom. The molecule has 1 saturated heterocycles.